The Morgan fingerprint density at radius 2 is 1.63 bits per heavy atom. The summed E-state index contributed by atoms with van der Waals surface area (Å²) in [6, 6.07) is 28.1. The molecule has 4 rings (SSSR count). The zero-order chi connectivity index (χ0) is 30.7. The van der Waals surface area contributed by atoms with Crippen LogP contribution < -0.4 is 20.2 Å². The van der Waals surface area contributed by atoms with E-state index < -0.39 is 23.6 Å². The van der Waals surface area contributed by atoms with Crippen LogP contribution >= 0.6 is 0 Å². The molecule has 9 heteroatoms. The van der Waals surface area contributed by atoms with Crippen molar-refractivity contribution in [2.45, 2.75) is 45.6 Å². The van der Waals surface area contributed by atoms with Crippen molar-refractivity contribution in [3.05, 3.63) is 108 Å². The maximum atomic E-state index is 12.9. The van der Waals surface area contributed by atoms with E-state index in [1.165, 1.54) is 6.21 Å². The van der Waals surface area contributed by atoms with Crippen LogP contribution in [0.1, 0.15) is 37.5 Å². The Bertz CT molecular complexity index is 1540. The Hall–Kier alpha value is -4.89. The van der Waals surface area contributed by atoms with E-state index in [0.717, 1.165) is 21.9 Å². The number of fused-ring (bicyclic) bond motifs is 1. The highest BCUT2D eigenvalue weighted by atomic mass is 16.6. The Morgan fingerprint density at radius 3 is 2.40 bits per heavy atom. The van der Waals surface area contributed by atoms with Gasteiger partial charge in [-0.05, 0) is 66.4 Å². The lowest BCUT2D eigenvalue weighted by atomic mass is 10.1. The average molecular weight is 584 g/mol. The summed E-state index contributed by atoms with van der Waals surface area (Å²) in [5.41, 5.74) is 4.43. The SMILES string of the molecule is COc1cc(/C=N\NC(=O)[C@H](COCc2ccccc2)NC(=O)OC(C)(C)C)ccc1OCc1cccc2ccccc12. The Balaban J connectivity index is 1.37. The van der Waals surface area contributed by atoms with Gasteiger partial charge < -0.3 is 24.3 Å². The third-order valence-electron chi connectivity index (χ3n) is 6.24. The standard InChI is InChI=1S/C34H37N3O6/c1-34(2,3)43-33(39)36-29(23-41-21-24-11-6-5-7-12-24)32(38)37-35-20-25-17-18-30(31(19-25)40-4)42-22-27-15-10-14-26-13-8-9-16-28(26)27/h5-20,29H,21-23H2,1-4H3,(H,36,39)(H,37,38)/b35-20-/t29-/m0/s1. The predicted octanol–water partition coefficient (Wildman–Crippen LogP) is 5.99. The third-order valence-corrected chi connectivity index (χ3v) is 6.24. The molecule has 0 radical (unpaired) electrons. The van der Waals surface area contributed by atoms with E-state index in [2.05, 4.69) is 34.0 Å². The van der Waals surface area contributed by atoms with Crippen LogP contribution in [0.4, 0.5) is 4.79 Å². The second-order valence-corrected chi connectivity index (χ2v) is 10.8. The van der Waals surface area contributed by atoms with E-state index >= 15 is 0 Å². The summed E-state index contributed by atoms with van der Waals surface area (Å²) >= 11 is 0. The van der Waals surface area contributed by atoms with Crippen molar-refractivity contribution in [1.29, 1.82) is 0 Å². The smallest absolute Gasteiger partial charge is 0.408 e. The number of nitrogens with one attached hydrogen (secondary N) is 2. The van der Waals surface area contributed by atoms with Crippen molar-refractivity contribution >= 4 is 29.0 Å². The molecule has 4 aromatic carbocycles. The molecule has 0 fully saturated rings. The van der Waals surface area contributed by atoms with Crippen molar-refractivity contribution in [3.8, 4) is 11.5 Å². The molecule has 0 saturated carbocycles. The van der Waals surface area contributed by atoms with Gasteiger partial charge in [-0.25, -0.2) is 10.2 Å². The van der Waals surface area contributed by atoms with Gasteiger partial charge in [-0.3, -0.25) is 4.79 Å². The van der Waals surface area contributed by atoms with E-state index in [-0.39, 0.29) is 13.2 Å². The van der Waals surface area contributed by atoms with Gasteiger partial charge in [-0.15, -0.1) is 0 Å². The Morgan fingerprint density at radius 1 is 0.884 bits per heavy atom. The van der Waals surface area contributed by atoms with Gasteiger partial charge in [0.1, 0.15) is 18.2 Å². The summed E-state index contributed by atoms with van der Waals surface area (Å²) in [6.45, 7) is 5.80. The lowest BCUT2D eigenvalue weighted by molar-refractivity contribution is -0.124. The number of carbonyl (C=O) groups is 2. The van der Waals surface area contributed by atoms with E-state index in [9.17, 15) is 9.59 Å². The minimum Gasteiger partial charge on any atom is -0.493 e. The zero-order valence-corrected chi connectivity index (χ0v) is 24.8. The maximum Gasteiger partial charge on any atom is 0.408 e. The molecule has 1 atom stereocenters. The molecule has 0 aliphatic heterocycles. The van der Waals surface area contributed by atoms with Crippen LogP contribution in [0.15, 0.2) is 96.1 Å². The van der Waals surface area contributed by atoms with Crippen LogP contribution in [-0.4, -0.2) is 43.6 Å². The molecule has 0 aliphatic carbocycles. The molecule has 2 amide bonds. The Labute approximate surface area is 251 Å². The summed E-state index contributed by atoms with van der Waals surface area (Å²) < 4.78 is 22.6. The number of amides is 2. The van der Waals surface area contributed by atoms with Crippen LogP contribution in [0, 0.1) is 0 Å². The Kier molecular flexibility index (Phi) is 10.7. The van der Waals surface area contributed by atoms with E-state index in [4.69, 9.17) is 18.9 Å². The van der Waals surface area contributed by atoms with Crippen LogP contribution in [0.25, 0.3) is 10.8 Å². The number of ether oxygens (including phenoxy) is 4. The first-order valence-corrected chi connectivity index (χ1v) is 13.9. The van der Waals surface area contributed by atoms with Crippen LogP contribution in [0.2, 0.25) is 0 Å². The number of hydrogen-bond donors (Lipinski definition) is 2. The molecule has 0 aromatic heterocycles. The molecule has 43 heavy (non-hydrogen) atoms. The first-order valence-electron chi connectivity index (χ1n) is 13.9. The molecule has 0 spiro atoms. The zero-order valence-electron chi connectivity index (χ0n) is 24.8. The molecular weight excluding hydrogens is 546 g/mol. The lowest BCUT2D eigenvalue weighted by Crippen LogP contribution is -2.49. The van der Waals surface area contributed by atoms with Crippen LogP contribution in [-0.2, 0) is 27.5 Å². The topological polar surface area (TPSA) is 107 Å². The van der Waals surface area contributed by atoms with Crippen LogP contribution in [0.3, 0.4) is 0 Å². The molecule has 0 bridgehead atoms. The van der Waals surface area contributed by atoms with Gasteiger partial charge in [0, 0.05) is 0 Å². The van der Waals surface area contributed by atoms with Gasteiger partial charge in [-0.2, -0.15) is 5.10 Å². The van der Waals surface area contributed by atoms with E-state index in [0.29, 0.717) is 23.7 Å². The summed E-state index contributed by atoms with van der Waals surface area (Å²) in [4.78, 5) is 25.3. The second-order valence-electron chi connectivity index (χ2n) is 10.8. The fourth-order valence-corrected chi connectivity index (χ4v) is 4.21. The molecule has 9 nitrogen and oxygen atoms in total. The highest BCUT2D eigenvalue weighted by Gasteiger charge is 2.24. The monoisotopic (exact) mass is 583 g/mol. The normalized spacial score (nSPS) is 12.1. The van der Waals surface area contributed by atoms with Gasteiger partial charge in [0.05, 0.1) is 26.5 Å². The summed E-state index contributed by atoms with van der Waals surface area (Å²) in [7, 11) is 1.56. The van der Waals surface area contributed by atoms with Gasteiger partial charge in [0.2, 0.25) is 0 Å². The van der Waals surface area contributed by atoms with Gasteiger partial charge in [0.15, 0.2) is 11.5 Å². The maximum absolute atomic E-state index is 12.9. The first kappa shape index (κ1) is 31.1. The minimum atomic E-state index is -1.03. The van der Waals surface area contributed by atoms with Gasteiger partial charge in [-0.1, -0.05) is 72.8 Å². The number of hydrazone groups is 1. The number of alkyl carbamates (subject to hydrolysis) is 1. The third kappa shape index (κ3) is 9.58. The fraction of sp³-hybridized carbons (Fsp3) is 0.265. The largest absolute Gasteiger partial charge is 0.493 e. The lowest BCUT2D eigenvalue weighted by Gasteiger charge is -2.22. The van der Waals surface area contributed by atoms with Crippen LogP contribution in [0.5, 0.6) is 11.5 Å². The molecule has 0 heterocycles. The summed E-state index contributed by atoms with van der Waals surface area (Å²) in [6.07, 6.45) is 0.744. The number of hydrogen-bond acceptors (Lipinski definition) is 7. The van der Waals surface area contributed by atoms with Crippen molar-refractivity contribution in [3.63, 3.8) is 0 Å². The number of nitrogens with zero attached hydrogens (tertiary/aromatic N) is 1. The summed E-state index contributed by atoms with van der Waals surface area (Å²) in [5, 5.41) is 8.92. The molecule has 2 N–H and O–H groups in total. The number of carbonyl (C=O) groups excluding carboxylic acids is 2. The molecule has 0 aliphatic rings. The number of methoxy groups -OCH3 is 1. The van der Waals surface area contributed by atoms with E-state index in [1.54, 1.807) is 46.1 Å². The summed E-state index contributed by atoms with van der Waals surface area (Å²) in [5.74, 6) is 0.542. The molecule has 224 valence electrons. The highest BCUT2D eigenvalue weighted by Crippen LogP contribution is 2.29. The molecule has 4 aromatic rings. The van der Waals surface area contributed by atoms with Crippen molar-refractivity contribution < 1.29 is 28.5 Å². The first-order chi connectivity index (χ1) is 20.7. The number of rotatable bonds is 12. The quantitative estimate of drug-likeness (QED) is 0.157. The average Bonchev–Trinajstić information content (AvgIpc) is 2.99. The molecular formula is C34H37N3O6. The molecule has 0 unspecified atom stereocenters. The predicted molar refractivity (Wildman–Crippen MR) is 166 cm³/mol. The van der Waals surface area contributed by atoms with Crippen molar-refractivity contribution in [2.75, 3.05) is 13.7 Å². The fourth-order valence-electron chi connectivity index (χ4n) is 4.21. The van der Waals surface area contributed by atoms with Crippen molar-refractivity contribution in [2.24, 2.45) is 5.10 Å². The molecule has 0 saturated heterocycles. The second kappa shape index (κ2) is 14.8. The van der Waals surface area contributed by atoms with Gasteiger partial charge >= 0.3 is 6.09 Å². The van der Waals surface area contributed by atoms with E-state index in [1.807, 2.05) is 54.6 Å². The van der Waals surface area contributed by atoms with Gasteiger partial charge in [0.25, 0.3) is 5.91 Å². The minimum absolute atomic E-state index is 0.0773. The number of benzene rings is 4. The highest BCUT2D eigenvalue weighted by molar-refractivity contribution is 5.88. The van der Waals surface area contributed by atoms with Crippen molar-refractivity contribution in [1.82, 2.24) is 10.7 Å².